The summed E-state index contributed by atoms with van der Waals surface area (Å²) in [5, 5.41) is 11.1. The minimum atomic E-state index is -0.461. The van der Waals surface area contributed by atoms with E-state index in [0.29, 0.717) is 17.8 Å². The lowest BCUT2D eigenvalue weighted by Gasteiger charge is -2.23. The van der Waals surface area contributed by atoms with Gasteiger partial charge in [0.25, 0.3) is 11.6 Å². The number of benzene rings is 3. The van der Waals surface area contributed by atoms with Crippen LogP contribution in [0.3, 0.4) is 0 Å². The third-order valence-electron chi connectivity index (χ3n) is 3.80. The van der Waals surface area contributed by atoms with Crippen molar-refractivity contribution >= 4 is 17.3 Å². The van der Waals surface area contributed by atoms with Gasteiger partial charge >= 0.3 is 0 Å². The number of rotatable bonds is 5. The number of nitrogens with zero attached hydrogens (tertiary/aromatic N) is 2. The van der Waals surface area contributed by atoms with Gasteiger partial charge in [0.1, 0.15) is 0 Å². The Morgan fingerprint density at radius 3 is 2.16 bits per heavy atom. The Morgan fingerprint density at radius 1 is 0.880 bits per heavy atom. The number of hydrogen-bond acceptors (Lipinski definition) is 3. The average molecular weight is 332 g/mol. The van der Waals surface area contributed by atoms with E-state index in [0.717, 1.165) is 5.56 Å². The Morgan fingerprint density at radius 2 is 1.52 bits per heavy atom. The molecule has 0 unspecified atom stereocenters. The zero-order valence-electron chi connectivity index (χ0n) is 13.4. The highest BCUT2D eigenvalue weighted by molar-refractivity contribution is 6.06. The van der Waals surface area contributed by atoms with Crippen LogP contribution in [0.5, 0.6) is 0 Å². The van der Waals surface area contributed by atoms with Gasteiger partial charge in [-0.3, -0.25) is 14.9 Å². The first kappa shape index (κ1) is 16.4. The van der Waals surface area contributed by atoms with Crippen LogP contribution in [0, 0.1) is 10.1 Å². The van der Waals surface area contributed by atoms with Crippen LogP contribution in [-0.4, -0.2) is 10.8 Å². The molecule has 0 saturated heterocycles. The molecule has 0 heterocycles. The average Bonchev–Trinajstić information content (AvgIpc) is 2.67. The van der Waals surface area contributed by atoms with Crippen molar-refractivity contribution in [1.29, 1.82) is 0 Å². The summed E-state index contributed by atoms with van der Waals surface area (Å²) in [5.41, 5.74) is 1.92. The molecule has 0 bridgehead atoms. The van der Waals surface area contributed by atoms with E-state index in [1.807, 2.05) is 36.4 Å². The molecule has 3 rings (SSSR count). The summed E-state index contributed by atoms with van der Waals surface area (Å²) in [6.07, 6.45) is 0. The number of nitro benzene ring substituents is 1. The SMILES string of the molecule is O=C(c1ccccc1)N(Cc1ccccc1)c1cccc([N+](=O)[O-])c1. The van der Waals surface area contributed by atoms with Crippen LogP contribution in [0.4, 0.5) is 11.4 Å². The van der Waals surface area contributed by atoms with Crippen LogP contribution < -0.4 is 4.90 Å². The van der Waals surface area contributed by atoms with Gasteiger partial charge in [-0.2, -0.15) is 0 Å². The molecule has 3 aromatic carbocycles. The molecule has 3 aromatic rings. The fraction of sp³-hybridized carbons (Fsp3) is 0.0500. The second-order valence-corrected chi connectivity index (χ2v) is 5.52. The third kappa shape index (κ3) is 3.90. The highest BCUT2D eigenvalue weighted by Gasteiger charge is 2.20. The topological polar surface area (TPSA) is 63.5 Å². The van der Waals surface area contributed by atoms with Crippen molar-refractivity contribution in [1.82, 2.24) is 0 Å². The highest BCUT2D eigenvalue weighted by atomic mass is 16.6. The predicted octanol–water partition coefficient (Wildman–Crippen LogP) is 4.44. The van der Waals surface area contributed by atoms with Crippen molar-refractivity contribution in [2.75, 3.05) is 4.90 Å². The van der Waals surface area contributed by atoms with Crippen molar-refractivity contribution in [3.63, 3.8) is 0 Å². The van der Waals surface area contributed by atoms with Gasteiger partial charge in [0.2, 0.25) is 0 Å². The van der Waals surface area contributed by atoms with Crippen molar-refractivity contribution in [2.24, 2.45) is 0 Å². The molecule has 0 N–H and O–H groups in total. The molecule has 0 aliphatic carbocycles. The van der Waals surface area contributed by atoms with Crippen molar-refractivity contribution in [2.45, 2.75) is 6.54 Å². The first-order valence-corrected chi connectivity index (χ1v) is 7.80. The Balaban J connectivity index is 2.01. The Labute approximate surface area is 145 Å². The van der Waals surface area contributed by atoms with E-state index in [9.17, 15) is 14.9 Å². The van der Waals surface area contributed by atoms with Crippen molar-refractivity contribution < 1.29 is 9.72 Å². The Hall–Kier alpha value is -3.47. The predicted molar refractivity (Wildman–Crippen MR) is 96.5 cm³/mol. The molecule has 0 aliphatic rings. The summed E-state index contributed by atoms with van der Waals surface area (Å²) in [5.74, 6) is -0.204. The molecule has 0 aliphatic heterocycles. The van der Waals surface area contributed by atoms with Gasteiger partial charge in [-0.1, -0.05) is 54.6 Å². The van der Waals surface area contributed by atoms with E-state index in [2.05, 4.69) is 0 Å². The molecule has 5 nitrogen and oxygen atoms in total. The quantitative estimate of drug-likeness (QED) is 0.512. The fourth-order valence-corrected chi connectivity index (χ4v) is 2.56. The first-order valence-electron chi connectivity index (χ1n) is 7.80. The van der Waals surface area contributed by atoms with Crippen LogP contribution in [-0.2, 0) is 6.54 Å². The number of hydrogen-bond donors (Lipinski definition) is 0. The molecule has 0 radical (unpaired) electrons. The second-order valence-electron chi connectivity index (χ2n) is 5.52. The largest absolute Gasteiger partial charge is 0.304 e. The van der Waals surface area contributed by atoms with Crippen LogP contribution in [0.1, 0.15) is 15.9 Å². The van der Waals surface area contributed by atoms with Gasteiger partial charge in [0.15, 0.2) is 0 Å². The number of amides is 1. The van der Waals surface area contributed by atoms with Crippen LogP contribution in [0.25, 0.3) is 0 Å². The highest BCUT2D eigenvalue weighted by Crippen LogP contribution is 2.24. The van der Waals surface area contributed by atoms with Gasteiger partial charge < -0.3 is 4.90 Å². The molecule has 0 fully saturated rings. The fourth-order valence-electron chi connectivity index (χ4n) is 2.56. The van der Waals surface area contributed by atoms with Gasteiger partial charge in [-0.25, -0.2) is 0 Å². The number of carbonyl (C=O) groups excluding carboxylic acids is 1. The minimum absolute atomic E-state index is 0.0450. The molecule has 0 aromatic heterocycles. The van der Waals surface area contributed by atoms with E-state index in [1.54, 1.807) is 41.3 Å². The number of non-ortho nitro benzene ring substituents is 1. The summed E-state index contributed by atoms with van der Waals surface area (Å²) >= 11 is 0. The monoisotopic (exact) mass is 332 g/mol. The number of anilines is 1. The molecule has 0 spiro atoms. The zero-order valence-corrected chi connectivity index (χ0v) is 13.4. The molecular weight excluding hydrogens is 316 g/mol. The summed E-state index contributed by atoms with van der Waals surface area (Å²) in [6, 6.07) is 24.6. The first-order chi connectivity index (χ1) is 12.1. The van der Waals surface area contributed by atoms with Crippen molar-refractivity contribution in [3.8, 4) is 0 Å². The van der Waals surface area contributed by atoms with E-state index < -0.39 is 4.92 Å². The minimum Gasteiger partial charge on any atom is -0.304 e. The lowest BCUT2D eigenvalue weighted by molar-refractivity contribution is -0.384. The lowest BCUT2D eigenvalue weighted by Crippen LogP contribution is -2.30. The van der Waals surface area contributed by atoms with E-state index in [-0.39, 0.29) is 11.6 Å². The van der Waals surface area contributed by atoms with Gasteiger partial charge in [-0.15, -0.1) is 0 Å². The van der Waals surface area contributed by atoms with E-state index in [4.69, 9.17) is 0 Å². The maximum Gasteiger partial charge on any atom is 0.271 e. The standard InChI is InChI=1S/C20H16N2O3/c23-20(17-10-5-2-6-11-17)21(15-16-8-3-1-4-9-16)18-12-7-13-19(14-18)22(24)25/h1-14H,15H2. The van der Waals surface area contributed by atoms with Crippen molar-refractivity contribution in [3.05, 3.63) is 106 Å². The summed E-state index contributed by atoms with van der Waals surface area (Å²) in [4.78, 5) is 25.2. The summed E-state index contributed by atoms with van der Waals surface area (Å²) in [6.45, 7) is 0.329. The maximum atomic E-state index is 13.0. The molecule has 1 amide bonds. The van der Waals surface area contributed by atoms with Gasteiger partial charge in [0.05, 0.1) is 17.2 Å². The normalized spacial score (nSPS) is 10.2. The lowest BCUT2D eigenvalue weighted by atomic mass is 10.1. The van der Waals surface area contributed by atoms with Gasteiger partial charge in [-0.05, 0) is 23.8 Å². The Kier molecular flexibility index (Phi) is 4.85. The Bertz CT molecular complexity index is 880. The molecule has 0 saturated carbocycles. The van der Waals surface area contributed by atoms with Gasteiger partial charge in [0, 0.05) is 17.7 Å². The second kappa shape index (κ2) is 7.40. The molecule has 124 valence electrons. The molecule has 25 heavy (non-hydrogen) atoms. The maximum absolute atomic E-state index is 13.0. The molecule has 5 heteroatoms. The van der Waals surface area contributed by atoms with E-state index in [1.165, 1.54) is 12.1 Å². The van der Waals surface area contributed by atoms with Crippen LogP contribution in [0.15, 0.2) is 84.9 Å². The summed E-state index contributed by atoms with van der Waals surface area (Å²) in [7, 11) is 0. The third-order valence-corrected chi connectivity index (χ3v) is 3.80. The number of carbonyl (C=O) groups is 1. The summed E-state index contributed by atoms with van der Waals surface area (Å²) < 4.78 is 0. The molecular formula is C20H16N2O3. The molecule has 0 atom stereocenters. The number of nitro groups is 1. The van der Waals surface area contributed by atoms with E-state index >= 15 is 0 Å². The zero-order chi connectivity index (χ0) is 17.6. The van der Waals surface area contributed by atoms with Crippen LogP contribution in [0.2, 0.25) is 0 Å². The smallest absolute Gasteiger partial charge is 0.271 e. The van der Waals surface area contributed by atoms with Crippen LogP contribution >= 0.6 is 0 Å².